The molecule has 2 nitrogen and oxygen atoms in total. The van der Waals surface area contributed by atoms with Gasteiger partial charge < -0.3 is 10.6 Å². The van der Waals surface area contributed by atoms with Crippen molar-refractivity contribution in [3.8, 4) is 0 Å². The number of fused-ring (bicyclic) bond motifs is 1. The summed E-state index contributed by atoms with van der Waals surface area (Å²) in [7, 11) is 0. The summed E-state index contributed by atoms with van der Waals surface area (Å²) in [5, 5.41) is 0. The number of aryl methyl sites for hydroxylation is 1. The first kappa shape index (κ1) is 11.0. The van der Waals surface area contributed by atoms with Gasteiger partial charge in [0.15, 0.2) is 0 Å². The summed E-state index contributed by atoms with van der Waals surface area (Å²) in [5.74, 6) is -0.0944. The van der Waals surface area contributed by atoms with Gasteiger partial charge in [-0.05, 0) is 55.4 Å². The minimum absolute atomic E-state index is 0.0369. The lowest BCUT2D eigenvalue weighted by Gasteiger charge is -2.29. The SMILES string of the molecule is NC1CCc2cc(N3CCCCC3)c(F)cc21. The lowest BCUT2D eigenvalue weighted by atomic mass is 10.0. The standard InChI is InChI=1S/C14H19FN2/c15-12-9-11-10(4-5-13(11)16)8-14(12)17-6-2-1-3-7-17/h8-9,13H,1-7,16H2. The molecule has 3 rings (SSSR count). The van der Waals surface area contributed by atoms with Crippen LogP contribution in [0.1, 0.15) is 42.9 Å². The summed E-state index contributed by atoms with van der Waals surface area (Å²) in [5.41, 5.74) is 9.02. The van der Waals surface area contributed by atoms with Crippen LogP contribution in [0.2, 0.25) is 0 Å². The second kappa shape index (κ2) is 4.30. The summed E-state index contributed by atoms with van der Waals surface area (Å²) in [6.07, 6.45) is 5.58. The maximum Gasteiger partial charge on any atom is 0.146 e. The molecular weight excluding hydrogens is 215 g/mol. The van der Waals surface area contributed by atoms with Crippen LogP contribution < -0.4 is 10.6 Å². The van der Waals surface area contributed by atoms with Crippen LogP contribution in [-0.4, -0.2) is 13.1 Å². The Balaban J connectivity index is 1.95. The zero-order chi connectivity index (χ0) is 11.8. The van der Waals surface area contributed by atoms with E-state index in [1.807, 2.05) is 6.07 Å². The molecule has 1 heterocycles. The summed E-state index contributed by atoms with van der Waals surface area (Å²) in [6.45, 7) is 1.98. The Kier molecular flexibility index (Phi) is 2.79. The molecule has 0 spiro atoms. The number of nitrogens with two attached hydrogens (primary N) is 1. The Morgan fingerprint density at radius 1 is 1.18 bits per heavy atom. The van der Waals surface area contributed by atoms with E-state index in [1.54, 1.807) is 6.07 Å². The molecule has 2 aliphatic rings. The highest BCUT2D eigenvalue weighted by atomic mass is 19.1. The Labute approximate surface area is 102 Å². The van der Waals surface area contributed by atoms with Crippen molar-refractivity contribution in [2.75, 3.05) is 18.0 Å². The van der Waals surface area contributed by atoms with Crippen LogP contribution in [0.4, 0.5) is 10.1 Å². The first-order chi connectivity index (χ1) is 8.25. The lowest BCUT2D eigenvalue weighted by molar-refractivity contribution is 0.556. The molecule has 17 heavy (non-hydrogen) atoms. The molecule has 0 saturated carbocycles. The minimum atomic E-state index is -0.0944. The first-order valence-electron chi connectivity index (χ1n) is 6.58. The Morgan fingerprint density at radius 2 is 1.94 bits per heavy atom. The fraction of sp³-hybridized carbons (Fsp3) is 0.571. The Morgan fingerprint density at radius 3 is 2.71 bits per heavy atom. The maximum absolute atomic E-state index is 14.1. The zero-order valence-corrected chi connectivity index (χ0v) is 10.1. The third-order valence-corrected chi connectivity index (χ3v) is 4.03. The summed E-state index contributed by atoms with van der Waals surface area (Å²) in [6, 6.07) is 3.73. The van der Waals surface area contributed by atoms with E-state index in [0.717, 1.165) is 37.2 Å². The number of benzene rings is 1. The summed E-state index contributed by atoms with van der Waals surface area (Å²) in [4.78, 5) is 2.18. The van der Waals surface area contributed by atoms with Gasteiger partial charge in [0.2, 0.25) is 0 Å². The number of halogens is 1. The Bertz CT molecular complexity index is 424. The molecule has 1 aromatic carbocycles. The monoisotopic (exact) mass is 234 g/mol. The van der Waals surface area contributed by atoms with Gasteiger partial charge in [0, 0.05) is 19.1 Å². The Hall–Kier alpha value is -1.09. The molecule has 1 saturated heterocycles. The molecule has 1 aromatic rings. The largest absolute Gasteiger partial charge is 0.369 e. The van der Waals surface area contributed by atoms with Crippen molar-refractivity contribution in [2.24, 2.45) is 5.73 Å². The van der Waals surface area contributed by atoms with Gasteiger partial charge in [0.05, 0.1) is 5.69 Å². The normalized spacial score (nSPS) is 23.9. The van der Waals surface area contributed by atoms with Crippen molar-refractivity contribution < 1.29 is 4.39 Å². The molecule has 1 aliphatic heterocycles. The number of rotatable bonds is 1. The fourth-order valence-electron chi connectivity index (χ4n) is 3.03. The number of hydrogen-bond acceptors (Lipinski definition) is 2. The van der Waals surface area contributed by atoms with Crippen LogP contribution in [0.5, 0.6) is 0 Å². The predicted octanol–water partition coefficient (Wildman–Crippen LogP) is 2.76. The van der Waals surface area contributed by atoms with Crippen LogP contribution in [0.25, 0.3) is 0 Å². The van der Waals surface area contributed by atoms with Crippen molar-refractivity contribution in [3.05, 3.63) is 29.1 Å². The van der Waals surface area contributed by atoms with E-state index in [1.165, 1.54) is 24.8 Å². The maximum atomic E-state index is 14.1. The van der Waals surface area contributed by atoms with Gasteiger partial charge in [-0.2, -0.15) is 0 Å². The molecule has 0 bridgehead atoms. The number of anilines is 1. The van der Waals surface area contributed by atoms with Crippen LogP contribution in [0.3, 0.4) is 0 Å². The molecule has 1 aliphatic carbocycles. The molecule has 2 N–H and O–H groups in total. The topological polar surface area (TPSA) is 29.3 Å². The zero-order valence-electron chi connectivity index (χ0n) is 10.1. The van der Waals surface area contributed by atoms with Crippen molar-refractivity contribution in [1.82, 2.24) is 0 Å². The molecular formula is C14H19FN2. The molecule has 92 valence electrons. The summed E-state index contributed by atoms with van der Waals surface area (Å²) >= 11 is 0. The van der Waals surface area contributed by atoms with E-state index in [0.29, 0.717) is 0 Å². The highest BCUT2D eigenvalue weighted by molar-refractivity contribution is 5.54. The van der Waals surface area contributed by atoms with E-state index >= 15 is 0 Å². The second-order valence-electron chi connectivity index (χ2n) is 5.20. The van der Waals surface area contributed by atoms with Gasteiger partial charge in [-0.25, -0.2) is 4.39 Å². The minimum Gasteiger partial charge on any atom is -0.369 e. The quantitative estimate of drug-likeness (QED) is 0.809. The van der Waals surface area contributed by atoms with Crippen molar-refractivity contribution in [1.29, 1.82) is 0 Å². The fourth-order valence-corrected chi connectivity index (χ4v) is 3.03. The van der Waals surface area contributed by atoms with E-state index in [9.17, 15) is 4.39 Å². The average molecular weight is 234 g/mol. The van der Waals surface area contributed by atoms with Crippen molar-refractivity contribution in [2.45, 2.75) is 38.1 Å². The molecule has 1 atom stereocenters. The predicted molar refractivity (Wildman–Crippen MR) is 67.7 cm³/mol. The average Bonchev–Trinajstić information content (AvgIpc) is 2.71. The van der Waals surface area contributed by atoms with Crippen LogP contribution >= 0.6 is 0 Å². The van der Waals surface area contributed by atoms with Gasteiger partial charge >= 0.3 is 0 Å². The molecule has 1 unspecified atom stereocenters. The van der Waals surface area contributed by atoms with Gasteiger partial charge in [0.25, 0.3) is 0 Å². The molecule has 0 amide bonds. The van der Waals surface area contributed by atoms with Crippen molar-refractivity contribution in [3.63, 3.8) is 0 Å². The van der Waals surface area contributed by atoms with Gasteiger partial charge in [0.1, 0.15) is 5.82 Å². The number of piperidine rings is 1. The second-order valence-corrected chi connectivity index (χ2v) is 5.20. The number of hydrogen-bond donors (Lipinski definition) is 1. The van der Waals surface area contributed by atoms with E-state index in [2.05, 4.69) is 4.90 Å². The van der Waals surface area contributed by atoms with E-state index < -0.39 is 0 Å². The third kappa shape index (κ3) is 1.93. The molecule has 1 fully saturated rings. The first-order valence-corrected chi connectivity index (χ1v) is 6.58. The summed E-state index contributed by atoms with van der Waals surface area (Å²) < 4.78 is 14.1. The van der Waals surface area contributed by atoms with Gasteiger partial charge in [-0.3, -0.25) is 0 Å². The third-order valence-electron chi connectivity index (χ3n) is 4.03. The lowest BCUT2D eigenvalue weighted by Crippen LogP contribution is -2.30. The molecule has 0 aromatic heterocycles. The van der Waals surface area contributed by atoms with Gasteiger partial charge in [-0.1, -0.05) is 0 Å². The highest BCUT2D eigenvalue weighted by Gasteiger charge is 2.23. The van der Waals surface area contributed by atoms with E-state index in [-0.39, 0.29) is 11.9 Å². The van der Waals surface area contributed by atoms with Gasteiger partial charge in [-0.15, -0.1) is 0 Å². The highest BCUT2D eigenvalue weighted by Crippen LogP contribution is 2.34. The molecule has 3 heteroatoms. The van der Waals surface area contributed by atoms with Crippen LogP contribution in [0, 0.1) is 5.82 Å². The molecule has 0 radical (unpaired) electrons. The van der Waals surface area contributed by atoms with Crippen LogP contribution in [0.15, 0.2) is 12.1 Å². The van der Waals surface area contributed by atoms with Crippen LogP contribution in [-0.2, 0) is 6.42 Å². The smallest absolute Gasteiger partial charge is 0.146 e. The van der Waals surface area contributed by atoms with E-state index in [4.69, 9.17) is 5.73 Å². The van der Waals surface area contributed by atoms with Crippen molar-refractivity contribution >= 4 is 5.69 Å². The number of nitrogens with zero attached hydrogens (tertiary/aromatic N) is 1.